The lowest BCUT2D eigenvalue weighted by Gasteiger charge is -2.11. The molecule has 0 radical (unpaired) electrons. The Kier molecular flexibility index (Phi) is 15.0. The molecule has 3 N–H and O–H groups in total. The topological polar surface area (TPSA) is 114 Å². The van der Waals surface area contributed by atoms with Crippen molar-refractivity contribution in [1.29, 1.82) is 0 Å². The molecule has 0 heterocycles. The molecule has 0 unspecified atom stereocenters. The van der Waals surface area contributed by atoms with Crippen LogP contribution in [0.5, 0.6) is 0 Å². The van der Waals surface area contributed by atoms with Crippen LogP contribution in [0.4, 0.5) is 0 Å². The lowest BCUT2D eigenvalue weighted by atomic mass is 10.1. The van der Waals surface area contributed by atoms with Crippen molar-refractivity contribution in [2.45, 2.75) is 51.5 Å². The molecule has 0 rings (SSSR count). The van der Waals surface area contributed by atoms with Crippen molar-refractivity contribution in [3.05, 3.63) is 0 Å². The van der Waals surface area contributed by atoms with Crippen molar-refractivity contribution in [3.8, 4) is 0 Å². The Morgan fingerprint density at radius 1 is 1.04 bits per heavy atom. The number of rotatable bonds is 17. The first-order valence-electron chi connectivity index (χ1n) is 8.85. The van der Waals surface area contributed by atoms with Gasteiger partial charge in [-0.15, -0.1) is 0 Å². The SMILES string of the molecule is CCC(=O)CCCOCCOCC(=O)NCCCC[C@H](NC)C(=O)O. The number of unbranched alkanes of at least 4 members (excludes halogenated alkanes) is 1. The number of ketones is 1. The molecule has 0 saturated heterocycles. The van der Waals surface area contributed by atoms with E-state index in [0.29, 0.717) is 58.5 Å². The van der Waals surface area contributed by atoms with Gasteiger partial charge in [-0.05, 0) is 32.7 Å². The fourth-order valence-corrected chi connectivity index (χ4v) is 2.08. The summed E-state index contributed by atoms with van der Waals surface area (Å²) in [6.45, 7) is 3.57. The molecule has 0 saturated carbocycles. The summed E-state index contributed by atoms with van der Waals surface area (Å²) < 4.78 is 10.5. The molecule has 0 bridgehead atoms. The van der Waals surface area contributed by atoms with Crippen LogP contribution >= 0.6 is 0 Å². The maximum atomic E-state index is 11.5. The molecule has 146 valence electrons. The highest BCUT2D eigenvalue weighted by Gasteiger charge is 2.13. The zero-order valence-corrected chi connectivity index (χ0v) is 15.3. The van der Waals surface area contributed by atoms with E-state index in [-0.39, 0.29) is 18.3 Å². The van der Waals surface area contributed by atoms with Gasteiger partial charge < -0.3 is 25.2 Å². The number of amides is 1. The molecule has 1 amide bonds. The smallest absolute Gasteiger partial charge is 0.320 e. The predicted molar refractivity (Wildman–Crippen MR) is 93.5 cm³/mol. The number of hydrogen-bond donors (Lipinski definition) is 3. The van der Waals surface area contributed by atoms with Gasteiger partial charge in [0.05, 0.1) is 13.2 Å². The van der Waals surface area contributed by atoms with Gasteiger partial charge in [0.25, 0.3) is 0 Å². The van der Waals surface area contributed by atoms with Crippen molar-refractivity contribution in [2.75, 3.05) is 40.0 Å². The molecule has 8 heteroatoms. The number of aliphatic carboxylic acids is 1. The molecule has 0 aliphatic heterocycles. The Morgan fingerprint density at radius 2 is 1.76 bits per heavy atom. The standard InChI is InChI=1S/C17H32N2O6/c1-3-14(20)7-6-10-24-11-12-25-13-16(21)19-9-5-4-8-15(18-2)17(22)23/h15,18H,3-13H2,1-2H3,(H,19,21)(H,22,23)/t15-/m0/s1. The normalized spacial score (nSPS) is 11.9. The average Bonchev–Trinajstić information content (AvgIpc) is 2.59. The molecular weight excluding hydrogens is 328 g/mol. The summed E-state index contributed by atoms with van der Waals surface area (Å²) in [6.07, 6.45) is 3.78. The molecule has 8 nitrogen and oxygen atoms in total. The maximum absolute atomic E-state index is 11.5. The lowest BCUT2D eigenvalue weighted by molar-refractivity contribution is -0.139. The summed E-state index contributed by atoms with van der Waals surface area (Å²) in [6, 6.07) is -0.542. The molecule has 1 atom stereocenters. The molecule has 0 fully saturated rings. The molecule has 0 aromatic carbocycles. The van der Waals surface area contributed by atoms with Crippen molar-refractivity contribution in [3.63, 3.8) is 0 Å². The summed E-state index contributed by atoms with van der Waals surface area (Å²) in [7, 11) is 1.62. The van der Waals surface area contributed by atoms with E-state index in [9.17, 15) is 14.4 Å². The third-order valence-corrected chi connectivity index (χ3v) is 3.63. The van der Waals surface area contributed by atoms with Gasteiger partial charge in [-0.25, -0.2) is 0 Å². The lowest BCUT2D eigenvalue weighted by Crippen LogP contribution is -2.34. The third-order valence-electron chi connectivity index (χ3n) is 3.63. The molecule has 0 aromatic rings. The summed E-state index contributed by atoms with van der Waals surface area (Å²) in [4.78, 5) is 33.4. The van der Waals surface area contributed by atoms with Gasteiger partial charge in [0.1, 0.15) is 18.4 Å². The summed E-state index contributed by atoms with van der Waals surface area (Å²) in [5, 5.41) is 14.3. The molecule has 0 aromatic heterocycles. The first-order valence-corrected chi connectivity index (χ1v) is 8.85. The van der Waals surface area contributed by atoms with Crippen molar-refractivity contribution < 1.29 is 29.0 Å². The van der Waals surface area contributed by atoms with Crippen LogP contribution in [0.25, 0.3) is 0 Å². The van der Waals surface area contributed by atoms with Crippen LogP contribution in [0.3, 0.4) is 0 Å². The largest absolute Gasteiger partial charge is 0.480 e. The van der Waals surface area contributed by atoms with Crippen LogP contribution in [0.15, 0.2) is 0 Å². The van der Waals surface area contributed by atoms with E-state index in [0.717, 1.165) is 6.42 Å². The van der Waals surface area contributed by atoms with Crippen molar-refractivity contribution in [1.82, 2.24) is 10.6 Å². The molecule has 25 heavy (non-hydrogen) atoms. The quantitative estimate of drug-likeness (QED) is 0.328. The van der Waals surface area contributed by atoms with Crippen molar-refractivity contribution >= 4 is 17.7 Å². The molecule has 0 aliphatic rings. The third kappa shape index (κ3) is 14.5. The minimum atomic E-state index is -0.862. The molecule has 0 spiro atoms. The minimum Gasteiger partial charge on any atom is -0.480 e. The fraction of sp³-hybridized carbons (Fsp3) is 0.824. The Balaban J connectivity index is 3.39. The van der Waals surface area contributed by atoms with E-state index < -0.39 is 12.0 Å². The van der Waals surface area contributed by atoms with Gasteiger partial charge in [0.15, 0.2) is 0 Å². The van der Waals surface area contributed by atoms with Gasteiger partial charge in [-0.2, -0.15) is 0 Å². The van der Waals surface area contributed by atoms with Crippen LogP contribution in [-0.4, -0.2) is 68.8 Å². The van der Waals surface area contributed by atoms with Gasteiger partial charge >= 0.3 is 5.97 Å². The summed E-state index contributed by atoms with van der Waals surface area (Å²) in [5.41, 5.74) is 0. The second kappa shape index (κ2) is 16.0. The second-order valence-electron chi connectivity index (χ2n) is 5.69. The Morgan fingerprint density at radius 3 is 2.40 bits per heavy atom. The minimum absolute atomic E-state index is 0.0219. The second-order valence-corrected chi connectivity index (χ2v) is 5.69. The van der Waals surface area contributed by atoms with Gasteiger partial charge in [0, 0.05) is 26.0 Å². The highest BCUT2D eigenvalue weighted by Crippen LogP contribution is 2.00. The van der Waals surface area contributed by atoms with E-state index in [4.69, 9.17) is 14.6 Å². The van der Waals surface area contributed by atoms with E-state index in [1.54, 1.807) is 7.05 Å². The predicted octanol–water partition coefficient (Wildman–Crippen LogP) is 0.738. The monoisotopic (exact) mass is 360 g/mol. The van der Waals surface area contributed by atoms with Crippen LogP contribution in [0.1, 0.15) is 45.4 Å². The zero-order chi connectivity index (χ0) is 18.9. The molecule has 0 aliphatic carbocycles. The maximum Gasteiger partial charge on any atom is 0.320 e. The zero-order valence-electron chi connectivity index (χ0n) is 15.3. The number of carboxylic acids is 1. The highest BCUT2D eigenvalue weighted by atomic mass is 16.5. The number of carboxylic acid groups (broad SMARTS) is 1. The van der Waals surface area contributed by atoms with Crippen molar-refractivity contribution in [2.24, 2.45) is 0 Å². The number of Topliss-reactive ketones (excluding diaryl/α,β-unsaturated/α-hetero) is 1. The number of likely N-dealkylation sites (N-methyl/N-ethyl adjacent to an activating group) is 1. The summed E-state index contributed by atoms with van der Waals surface area (Å²) >= 11 is 0. The fourth-order valence-electron chi connectivity index (χ4n) is 2.08. The van der Waals surface area contributed by atoms with E-state index in [1.807, 2.05) is 6.92 Å². The van der Waals surface area contributed by atoms with Gasteiger partial charge in [-0.1, -0.05) is 6.92 Å². The van der Waals surface area contributed by atoms with Gasteiger partial charge in [-0.3, -0.25) is 14.4 Å². The Bertz CT molecular complexity index is 389. The van der Waals surface area contributed by atoms with E-state index in [1.165, 1.54) is 0 Å². The van der Waals surface area contributed by atoms with Crippen LogP contribution in [-0.2, 0) is 23.9 Å². The first-order chi connectivity index (χ1) is 12.0. The number of carbonyl (C=O) groups excluding carboxylic acids is 2. The number of carbonyl (C=O) groups is 3. The first kappa shape index (κ1) is 23.5. The number of nitrogens with one attached hydrogen (secondary N) is 2. The number of hydrogen-bond acceptors (Lipinski definition) is 6. The van der Waals surface area contributed by atoms with Crippen LogP contribution in [0, 0.1) is 0 Å². The van der Waals surface area contributed by atoms with Crippen LogP contribution < -0.4 is 10.6 Å². The Labute approximate surface area is 149 Å². The molecular formula is C17H32N2O6. The van der Waals surface area contributed by atoms with Gasteiger partial charge in [0.2, 0.25) is 5.91 Å². The van der Waals surface area contributed by atoms with E-state index >= 15 is 0 Å². The highest BCUT2D eigenvalue weighted by molar-refractivity contribution is 5.78. The number of ether oxygens (including phenoxy) is 2. The van der Waals surface area contributed by atoms with E-state index in [2.05, 4.69) is 10.6 Å². The van der Waals surface area contributed by atoms with Crippen LogP contribution in [0.2, 0.25) is 0 Å². The Hall–Kier alpha value is -1.51. The summed E-state index contributed by atoms with van der Waals surface area (Å²) in [5.74, 6) is -0.822. The average molecular weight is 360 g/mol.